The van der Waals surface area contributed by atoms with E-state index in [0.717, 1.165) is 11.1 Å². The molecule has 0 atom stereocenters. The van der Waals surface area contributed by atoms with Gasteiger partial charge < -0.3 is 8.98 Å². The standard InChI is InChI=1S/C39H24N4O/c1-3-13-25(14-4-1)37-40-38(26-15-5-2-6-16-26)42-39(41-37)29-19-11-23-33-35(29)36-32(22-12-24-34(36)44-33)43-30-20-9-7-17-27(30)28-18-8-10-21-31(28)43/h1-24H/i7D,8D,9D,10D,17D,18D,20D,21D. The summed E-state index contributed by atoms with van der Waals surface area (Å²) in [6.07, 6.45) is 0. The molecule has 206 valence electrons. The lowest BCUT2D eigenvalue weighted by molar-refractivity contribution is 0.669. The third kappa shape index (κ3) is 3.76. The van der Waals surface area contributed by atoms with Gasteiger partial charge in [0.15, 0.2) is 17.5 Å². The lowest BCUT2D eigenvalue weighted by atomic mass is 10.0. The van der Waals surface area contributed by atoms with Crippen molar-refractivity contribution >= 4 is 43.7 Å². The average Bonchev–Trinajstić information content (AvgIpc) is 3.75. The first-order valence-electron chi connectivity index (χ1n) is 18.0. The fraction of sp³-hybridized carbons (Fsp3) is 0. The Morgan fingerprint density at radius 3 is 1.64 bits per heavy atom. The van der Waals surface area contributed by atoms with Crippen molar-refractivity contribution in [2.45, 2.75) is 0 Å². The van der Waals surface area contributed by atoms with Gasteiger partial charge in [-0.1, -0.05) is 115 Å². The van der Waals surface area contributed by atoms with Gasteiger partial charge in [0.05, 0.1) is 33.1 Å². The van der Waals surface area contributed by atoms with Gasteiger partial charge in [0.25, 0.3) is 0 Å². The predicted octanol–water partition coefficient (Wildman–Crippen LogP) is 9.87. The molecule has 0 fully saturated rings. The van der Waals surface area contributed by atoms with E-state index < -0.39 is 36.3 Å². The molecule has 44 heavy (non-hydrogen) atoms. The summed E-state index contributed by atoms with van der Waals surface area (Å²) in [5.41, 5.74) is 3.55. The van der Waals surface area contributed by atoms with Gasteiger partial charge in [0.2, 0.25) is 0 Å². The highest BCUT2D eigenvalue weighted by atomic mass is 16.3. The number of hydrogen-bond acceptors (Lipinski definition) is 4. The fourth-order valence-corrected chi connectivity index (χ4v) is 5.81. The summed E-state index contributed by atoms with van der Waals surface area (Å²) in [6, 6.07) is 26.4. The van der Waals surface area contributed by atoms with Gasteiger partial charge in [-0.3, -0.25) is 0 Å². The zero-order chi connectivity index (χ0) is 36.0. The molecule has 0 amide bonds. The van der Waals surface area contributed by atoms with Gasteiger partial charge in [-0.15, -0.1) is 0 Å². The Bertz CT molecular complexity index is 2810. The van der Waals surface area contributed by atoms with Gasteiger partial charge in [-0.2, -0.15) is 0 Å². The van der Waals surface area contributed by atoms with E-state index in [1.165, 1.54) is 4.57 Å². The third-order valence-electron chi connectivity index (χ3n) is 7.71. The van der Waals surface area contributed by atoms with Crippen LogP contribution in [0.3, 0.4) is 0 Å². The van der Waals surface area contributed by atoms with Crippen molar-refractivity contribution in [1.82, 2.24) is 19.5 Å². The number of benzene rings is 6. The number of fused-ring (bicyclic) bond motifs is 6. The molecule has 0 bridgehead atoms. The molecule has 0 spiro atoms. The number of para-hydroxylation sites is 2. The summed E-state index contributed by atoms with van der Waals surface area (Å²) in [5, 5.41) is 1.13. The SMILES string of the molecule is [2H]c1c([2H])c([2H])c2c(c1[2H])c1c([2H])c([2H])c([2H])c([2H])c1n2-c1cccc2oc3cccc(-c4nc(-c5ccccc5)nc(-c5ccccc5)n4)c3c12. The van der Waals surface area contributed by atoms with Crippen LogP contribution in [0.15, 0.2) is 150 Å². The third-order valence-corrected chi connectivity index (χ3v) is 7.71. The lowest BCUT2D eigenvalue weighted by Gasteiger charge is -2.11. The Hall–Kier alpha value is -6.07. The topological polar surface area (TPSA) is 56.7 Å². The van der Waals surface area contributed by atoms with E-state index in [1.54, 1.807) is 18.2 Å². The summed E-state index contributed by atoms with van der Waals surface area (Å²) < 4.78 is 77.8. The van der Waals surface area contributed by atoms with Gasteiger partial charge in [-0.25, -0.2) is 15.0 Å². The monoisotopic (exact) mass is 572 g/mol. The Balaban J connectivity index is 1.44. The van der Waals surface area contributed by atoms with Crippen molar-refractivity contribution in [3.63, 3.8) is 0 Å². The van der Waals surface area contributed by atoms with Gasteiger partial charge in [0, 0.05) is 32.8 Å². The quantitative estimate of drug-likeness (QED) is 0.211. The van der Waals surface area contributed by atoms with Gasteiger partial charge >= 0.3 is 0 Å². The molecule has 0 aliphatic rings. The number of hydrogen-bond donors (Lipinski definition) is 0. The fourth-order valence-electron chi connectivity index (χ4n) is 5.81. The maximum atomic E-state index is 9.04. The van der Waals surface area contributed by atoms with Crippen LogP contribution < -0.4 is 0 Å². The minimum Gasteiger partial charge on any atom is -0.456 e. The van der Waals surface area contributed by atoms with Crippen LogP contribution in [-0.4, -0.2) is 19.5 Å². The number of aromatic nitrogens is 4. The molecule has 0 aliphatic carbocycles. The first-order valence-corrected chi connectivity index (χ1v) is 14.0. The molecule has 5 nitrogen and oxygen atoms in total. The average molecular weight is 573 g/mol. The van der Waals surface area contributed by atoms with Crippen LogP contribution in [-0.2, 0) is 0 Å². The van der Waals surface area contributed by atoms with Crippen LogP contribution in [0.1, 0.15) is 11.0 Å². The number of nitrogens with zero attached hydrogens (tertiary/aromatic N) is 4. The predicted molar refractivity (Wildman–Crippen MR) is 178 cm³/mol. The molecule has 0 aliphatic heterocycles. The highest BCUT2D eigenvalue weighted by molar-refractivity contribution is 6.17. The first kappa shape index (κ1) is 17.8. The summed E-state index contributed by atoms with van der Waals surface area (Å²) in [4.78, 5) is 14.7. The van der Waals surface area contributed by atoms with E-state index in [-0.39, 0.29) is 33.9 Å². The van der Waals surface area contributed by atoms with Crippen molar-refractivity contribution in [3.05, 3.63) is 145 Å². The molecule has 0 N–H and O–H groups in total. The van der Waals surface area contributed by atoms with Gasteiger partial charge in [-0.05, 0) is 30.3 Å². The molecule has 9 rings (SSSR count). The van der Waals surface area contributed by atoms with E-state index in [4.69, 9.17) is 30.3 Å². The number of furan rings is 1. The van der Waals surface area contributed by atoms with Crippen LogP contribution in [0.5, 0.6) is 0 Å². The zero-order valence-electron chi connectivity index (χ0n) is 30.9. The van der Waals surface area contributed by atoms with Crippen molar-refractivity contribution in [2.24, 2.45) is 0 Å². The molecule has 3 aromatic heterocycles. The van der Waals surface area contributed by atoms with E-state index in [2.05, 4.69) is 0 Å². The van der Waals surface area contributed by atoms with Crippen LogP contribution in [0.4, 0.5) is 0 Å². The molecule has 0 unspecified atom stereocenters. The van der Waals surface area contributed by atoms with Crippen LogP contribution in [0, 0.1) is 0 Å². The van der Waals surface area contributed by atoms with E-state index in [9.17, 15) is 0 Å². The maximum absolute atomic E-state index is 9.04. The van der Waals surface area contributed by atoms with E-state index in [1.807, 2.05) is 78.9 Å². The summed E-state index contributed by atoms with van der Waals surface area (Å²) >= 11 is 0. The Kier molecular flexibility index (Phi) is 3.94. The zero-order valence-corrected chi connectivity index (χ0v) is 22.9. The second kappa shape index (κ2) is 9.75. The first-order chi connectivity index (χ1) is 25.2. The van der Waals surface area contributed by atoms with Crippen LogP contribution in [0.25, 0.3) is 83.6 Å². The second-order valence-electron chi connectivity index (χ2n) is 10.3. The summed E-state index contributed by atoms with van der Waals surface area (Å²) in [6.45, 7) is 0. The summed E-state index contributed by atoms with van der Waals surface area (Å²) in [7, 11) is 0. The Labute approximate surface area is 263 Å². The highest BCUT2D eigenvalue weighted by Gasteiger charge is 2.21. The van der Waals surface area contributed by atoms with E-state index >= 15 is 0 Å². The second-order valence-corrected chi connectivity index (χ2v) is 10.3. The Morgan fingerprint density at radius 1 is 0.500 bits per heavy atom. The lowest BCUT2D eigenvalue weighted by Crippen LogP contribution is -2.00. The van der Waals surface area contributed by atoms with Crippen molar-refractivity contribution in [3.8, 4) is 39.9 Å². The maximum Gasteiger partial charge on any atom is 0.164 e. The highest BCUT2D eigenvalue weighted by Crippen LogP contribution is 2.41. The smallest absolute Gasteiger partial charge is 0.164 e. The molecule has 9 aromatic rings. The Morgan fingerprint density at radius 2 is 1.02 bits per heavy atom. The molecular formula is C39H24N4O. The molecular weight excluding hydrogens is 540 g/mol. The van der Waals surface area contributed by atoms with Crippen molar-refractivity contribution in [2.75, 3.05) is 0 Å². The van der Waals surface area contributed by atoms with Crippen LogP contribution >= 0.6 is 0 Å². The molecule has 0 saturated carbocycles. The van der Waals surface area contributed by atoms with Crippen molar-refractivity contribution in [1.29, 1.82) is 0 Å². The largest absolute Gasteiger partial charge is 0.456 e. The van der Waals surface area contributed by atoms with E-state index in [0.29, 0.717) is 50.7 Å². The molecule has 0 radical (unpaired) electrons. The minimum absolute atomic E-state index is 0.00417. The molecule has 0 saturated heterocycles. The minimum atomic E-state index is -0.503. The van der Waals surface area contributed by atoms with Gasteiger partial charge in [0.1, 0.15) is 11.2 Å². The molecule has 3 heterocycles. The summed E-state index contributed by atoms with van der Waals surface area (Å²) in [5.74, 6) is 1.29. The van der Waals surface area contributed by atoms with Crippen LogP contribution in [0.2, 0.25) is 0 Å². The normalized spacial score (nSPS) is 14.2. The number of rotatable bonds is 4. The molecule has 5 heteroatoms. The molecule has 6 aromatic carbocycles. The van der Waals surface area contributed by atoms with Crippen molar-refractivity contribution < 1.29 is 15.4 Å².